The van der Waals surface area contributed by atoms with Crippen LogP contribution >= 0.6 is 11.8 Å². The Bertz CT molecular complexity index is 651. The van der Waals surface area contributed by atoms with Crippen molar-refractivity contribution >= 4 is 17.7 Å². The van der Waals surface area contributed by atoms with E-state index in [0.29, 0.717) is 18.1 Å². The van der Waals surface area contributed by atoms with Crippen LogP contribution < -0.4 is 5.32 Å². The molecule has 6 heteroatoms. The highest BCUT2D eigenvalue weighted by Gasteiger charge is 2.29. The van der Waals surface area contributed by atoms with Crippen molar-refractivity contribution in [2.24, 2.45) is 0 Å². The lowest BCUT2D eigenvalue weighted by Gasteiger charge is -2.31. The van der Waals surface area contributed by atoms with Crippen molar-refractivity contribution in [3.05, 3.63) is 42.3 Å². The molecule has 1 amide bonds. The van der Waals surface area contributed by atoms with E-state index in [2.05, 4.69) is 10.3 Å². The van der Waals surface area contributed by atoms with Crippen LogP contribution in [0.2, 0.25) is 0 Å². The number of aliphatic hydroxyl groups is 1. The first-order chi connectivity index (χ1) is 11.1. The summed E-state index contributed by atoms with van der Waals surface area (Å²) in [6.45, 7) is 0.301. The molecule has 122 valence electrons. The fourth-order valence-corrected chi connectivity index (χ4v) is 3.77. The SMILES string of the molecule is O=C(Cc1coc(-c2ccccc2)n1)NCC1(O)CCSCC1. The third kappa shape index (κ3) is 4.36. The van der Waals surface area contributed by atoms with Gasteiger partial charge in [-0.15, -0.1) is 0 Å². The Balaban J connectivity index is 1.53. The van der Waals surface area contributed by atoms with Gasteiger partial charge >= 0.3 is 0 Å². The molecule has 1 fully saturated rings. The van der Waals surface area contributed by atoms with Gasteiger partial charge in [0.05, 0.1) is 17.7 Å². The fourth-order valence-electron chi connectivity index (χ4n) is 2.52. The molecule has 2 N–H and O–H groups in total. The van der Waals surface area contributed by atoms with Gasteiger partial charge in [0, 0.05) is 12.1 Å². The summed E-state index contributed by atoms with van der Waals surface area (Å²) >= 11 is 1.84. The molecular weight excluding hydrogens is 312 g/mol. The third-order valence-electron chi connectivity index (χ3n) is 3.95. The Morgan fingerprint density at radius 1 is 1.30 bits per heavy atom. The lowest BCUT2D eigenvalue weighted by atomic mass is 9.97. The van der Waals surface area contributed by atoms with E-state index in [0.717, 1.165) is 29.9 Å². The van der Waals surface area contributed by atoms with Crippen LogP contribution in [0.15, 0.2) is 41.0 Å². The molecule has 0 unspecified atom stereocenters. The van der Waals surface area contributed by atoms with Gasteiger partial charge in [0.15, 0.2) is 0 Å². The zero-order valence-corrected chi connectivity index (χ0v) is 13.6. The van der Waals surface area contributed by atoms with Crippen LogP contribution in [0, 0.1) is 0 Å². The zero-order valence-electron chi connectivity index (χ0n) is 12.8. The Kier molecular flexibility index (Phi) is 5.03. The number of oxazole rings is 1. The number of hydrogen-bond acceptors (Lipinski definition) is 5. The van der Waals surface area contributed by atoms with Gasteiger partial charge in [-0.2, -0.15) is 11.8 Å². The van der Waals surface area contributed by atoms with Gasteiger partial charge in [0.2, 0.25) is 11.8 Å². The van der Waals surface area contributed by atoms with Gasteiger partial charge in [0.1, 0.15) is 6.26 Å². The highest BCUT2D eigenvalue weighted by Crippen LogP contribution is 2.26. The average Bonchev–Trinajstić information content (AvgIpc) is 3.03. The number of carbonyl (C=O) groups is 1. The summed E-state index contributed by atoms with van der Waals surface area (Å²) in [5, 5.41) is 13.2. The molecule has 2 aromatic rings. The molecule has 0 radical (unpaired) electrons. The Morgan fingerprint density at radius 3 is 2.78 bits per heavy atom. The number of hydrogen-bond donors (Lipinski definition) is 2. The zero-order chi connectivity index (χ0) is 16.1. The highest BCUT2D eigenvalue weighted by atomic mass is 32.2. The molecule has 1 aromatic carbocycles. The van der Waals surface area contributed by atoms with Gasteiger partial charge in [0.25, 0.3) is 0 Å². The van der Waals surface area contributed by atoms with Crippen molar-refractivity contribution in [2.45, 2.75) is 24.9 Å². The molecule has 0 saturated carbocycles. The van der Waals surface area contributed by atoms with Gasteiger partial charge in [-0.05, 0) is 36.5 Å². The predicted octanol–water partition coefficient (Wildman–Crippen LogP) is 2.26. The number of rotatable bonds is 5. The molecule has 1 saturated heterocycles. The predicted molar refractivity (Wildman–Crippen MR) is 90.2 cm³/mol. The molecule has 0 atom stereocenters. The molecule has 0 bridgehead atoms. The van der Waals surface area contributed by atoms with Gasteiger partial charge in [-0.1, -0.05) is 18.2 Å². The van der Waals surface area contributed by atoms with Crippen molar-refractivity contribution in [1.29, 1.82) is 0 Å². The second-order valence-electron chi connectivity index (χ2n) is 5.80. The van der Waals surface area contributed by atoms with Crippen LogP contribution in [-0.2, 0) is 11.2 Å². The third-order valence-corrected chi connectivity index (χ3v) is 4.94. The molecule has 23 heavy (non-hydrogen) atoms. The van der Waals surface area contributed by atoms with E-state index in [-0.39, 0.29) is 12.3 Å². The van der Waals surface area contributed by atoms with E-state index in [9.17, 15) is 9.90 Å². The molecule has 1 aliphatic rings. The van der Waals surface area contributed by atoms with Crippen molar-refractivity contribution in [3.8, 4) is 11.5 Å². The first-order valence-corrected chi connectivity index (χ1v) is 8.87. The first-order valence-electron chi connectivity index (χ1n) is 7.71. The summed E-state index contributed by atoms with van der Waals surface area (Å²) in [6, 6.07) is 9.57. The topological polar surface area (TPSA) is 75.4 Å². The first kappa shape index (κ1) is 16.1. The maximum Gasteiger partial charge on any atom is 0.226 e. The number of benzene rings is 1. The molecule has 1 aliphatic heterocycles. The number of nitrogens with zero attached hydrogens (tertiary/aromatic N) is 1. The number of amides is 1. The van der Waals surface area contributed by atoms with Crippen LogP contribution in [0.25, 0.3) is 11.5 Å². The standard InChI is InChI=1S/C17H20N2O3S/c20-15(18-12-17(21)6-8-23-9-7-17)10-14-11-22-16(19-14)13-4-2-1-3-5-13/h1-5,11,21H,6-10,12H2,(H,18,20). The minimum absolute atomic E-state index is 0.149. The van der Waals surface area contributed by atoms with Crippen molar-refractivity contribution in [3.63, 3.8) is 0 Å². The molecule has 2 heterocycles. The Morgan fingerprint density at radius 2 is 2.04 bits per heavy atom. The second-order valence-corrected chi connectivity index (χ2v) is 7.02. The highest BCUT2D eigenvalue weighted by molar-refractivity contribution is 7.99. The monoisotopic (exact) mass is 332 g/mol. The maximum absolute atomic E-state index is 12.0. The van der Waals surface area contributed by atoms with Crippen LogP contribution in [0.1, 0.15) is 18.5 Å². The molecule has 0 spiro atoms. The number of carbonyl (C=O) groups excluding carboxylic acids is 1. The van der Waals surface area contributed by atoms with Crippen molar-refractivity contribution in [1.82, 2.24) is 10.3 Å². The van der Waals surface area contributed by atoms with E-state index in [1.807, 2.05) is 42.1 Å². The van der Waals surface area contributed by atoms with Crippen LogP contribution in [0.4, 0.5) is 0 Å². The van der Waals surface area contributed by atoms with Gasteiger partial charge < -0.3 is 14.8 Å². The van der Waals surface area contributed by atoms with E-state index in [1.165, 1.54) is 6.26 Å². The van der Waals surface area contributed by atoms with Crippen molar-refractivity contribution in [2.75, 3.05) is 18.1 Å². The van der Waals surface area contributed by atoms with Gasteiger partial charge in [-0.25, -0.2) is 4.98 Å². The minimum Gasteiger partial charge on any atom is -0.444 e. The van der Waals surface area contributed by atoms with E-state index >= 15 is 0 Å². The summed E-state index contributed by atoms with van der Waals surface area (Å²) in [5.74, 6) is 2.24. The Hall–Kier alpha value is -1.79. The molecule has 0 aliphatic carbocycles. The smallest absolute Gasteiger partial charge is 0.226 e. The fraction of sp³-hybridized carbons (Fsp3) is 0.412. The largest absolute Gasteiger partial charge is 0.444 e. The Labute approximate surface area is 139 Å². The minimum atomic E-state index is -0.764. The molecule has 1 aromatic heterocycles. The number of nitrogens with one attached hydrogen (secondary N) is 1. The number of thioether (sulfide) groups is 1. The summed E-state index contributed by atoms with van der Waals surface area (Å²) in [4.78, 5) is 16.4. The summed E-state index contributed by atoms with van der Waals surface area (Å²) in [7, 11) is 0. The van der Waals surface area contributed by atoms with Crippen LogP contribution in [0.3, 0.4) is 0 Å². The van der Waals surface area contributed by atoms with E-state index in [1.54, 1.807) is 0 Å². The quantitative estimate of drug-likeness (QED) is 0.878. The average molecular weight is 332 g/mol. The van der Waals surface area contributed by atoms with E-state index < -0.39 is 5.60 Å². The van der Waals surface area contributed by atoms with E-state index in [4.69, 9.17) is 4.42 Å². The lowest BCUT2D eigenvalue weighted by molar-refractivity contribution is -0.121. The maximum atomic E-state index is 12.0. The summed E-state index contributed by atoms with van der Waals surface area (Å²) in [6.07, 6.45) is 3.11. The van der Waals surface area contributed by atoms with Gasteiger partial charge in [-0.3, -0.25) is 4.79 Å². The lowest BCUT2D eigenvalue weighted by Crippen LogP contribution is -2.45. The summed E-state index contributed by atoms with van der Waals surface area (Å²) in [5.41, 5.74) is 0.709. The van der Waals surface area contributed by atoms with Crippen molar-refractivity contribution < 1.29 is 14.3 Å². The normalized spacial score (nSPS) is 16.9. The second kappa shape index (κ2) is 7.19. The number of aromatic nitrogens is 1. The van der Waals surface area contributed by atoms with Crippen LogP contribution in [0.5, 0.6) is 0 Å². The molecular formula is C17H20N2O3S. The molecule has 3 rings (SSSR count). The summed E-state index contributed by atoms with van der Waals surface area (Å²) < 4.78 is 5.42. The van der Waals surface area contributed by atoms with Crippen LogP contribution in [-0.4, -0.2) is 39.6 Å². The molecule has 5 nitrogen and oxygen atoms in total.